The monoisotopic (exact) mass is 538 g/mol. The van der Waals surface area contributed by atoms with Gasteiger partial charge in [0.1, 0.15) is 5.60 Å². The largest absolute Gasteiger partial charge is 0.393 e. The average molecular weight is 540 g/mol. The van der Waals surface area contributed by atoms with E-state index in [1.807, 2.05) is 23.0 Å². The normalized spacial score (nSPS) is 41.9. The van der Waals surface area contributed by atoms with E-state index < -0.39 is 17.1 Å². The van der Waals surface area contributed by atoms with Gasteiger partial charge in [-0.3, -0.25) is 4.79 Å². The van der Waals surface area contributed by atoms with Crippen LogP contribution in [0.25, 0.3) is 11.8 Å². The first-order chi connectivity index (χ1) is 16.5. The predicted molar refractivity (Wildman–Crippen MR) is 139 cm³/mol. The first kappa shape index (κ1) is 23.6. The first-order valence-electron chi connectivity index (χ1n) is 13.0. The number of hydrogen-bond acceptors (Lipinski definition) is 4. The van der Waals surface area contributed by atoms with Crippen molar-refractivity contribution in [3.63, 3.8) is 0 Å². The number of Topliss-reactive ketones (excluding diaryl/α,β-unsaturated/α-hetero) is 1. The first-order valence-corrected chi connectivity index (χ1v) is 13.8. The van der Waals surface area contributed by atoms with Crippen LogP contribution in [0.4, 0.5) is 0 Å². The molecular weight excluding hydrogens is 504 g/mol. The fourth-order valence-electron chi connectivity index (χ4n) is 9.02. The van der Waals surface area contributed by atoms with E-state index in [1.54, 1.807) is 0 Å². The van der Waals surface area contributed by atoms with E-state index in [-0.39, 0.29) is 29.0 Å². The summed E-state index contributed by atoms with van der Waals surface area (Å²) in [4.78, 5) is 12.6. The van der Waals surface area contributed by atoms with Crippen molar-refractivity contribution < 1.29 is 15.0 Å². The summed E-state index contributed by atoms with van der Waals surface area (Å²) in [5, 5.41) is 27.9. The average Bonchev–Trinajstić information content (AvgIpc) is 3.30. The highest BCUT2D eigenvalue weighted by molar-refractivity contribution is 9.10. The number of fused-ring (bicyclic) bond motifs is 6. The third-order valence-corrected chi connectivity index (χ3v) is 11.0. The van der Waals surface area contributed by atoms with Gasteiger partial charge in [-0.25, -0.2) is 4.68 Å². The summed E-state index contributed by atoms with van der Waals surface area (Å²) in [5.41, 5.74) is 2.74. The van der Waals surface area contributed by atoms with Gasteiger partial charge in [0.05, 0.1) is 23.7 Å². The zero-order valence-corrected chi connectivity index (χ0v) is 22.5. The highest BCUT2D eigenvalue weighted by Crippen LogP contribution is 2.68. The van der Waals surface area contributed by atoms with Gasteiger partial charge in [-0.1, -0.05) is 48.3 Å². The maximum absolute atomic E-state index is 12.6. The van der Waals surface area contributed by atoms with Crippen LogP contribution in [-0.4, -0.2) is 37.5 Å². The fraction of sp³-hybridized carbons (Fsp3) is 0.586. The Morgan fingerprint density at radius 3 is 2.77 bits per heavy atom. The molecule has 0 amide bonds. The Kier molecular flexibility index (Phi) is 5.15. The number of ketones is 1. The number of carbonyl (C=O) groups is 1. The molecule has 2 N–H and O–H groups in total. The lowest BCUT2D eigenvalue weighted by molar-refractivity contribution is -0.180. The van der Waals surface area contributed by atoms with Crippen LogP contribution in [0.3, 0.4) is 0 Å². The Morgan fingerprint density at radius 2 is 2.06 bits per heavy atom. The third kappa shape index (κ3) is 3.05. The molecule has 5 nitrogen and oxygen atoms in total. The summed E-state index contributed by atoms with van der Waals surface area (Å²) in [6.07, 6.45) is 7.47. The van der Waals surface area contributed by atoms with E-state index in [9.17, 15) is 15.0 Å². The zero-order valence-electron chi connectivity index (χ0n) is 21.0. The molecule has 3 fully saturated rings. The Hall–Kier alpha value is -1.76. The highest BCUT2D eigenvalue weighted by Gasteiger charge is 2.68. The number of benzene rings is 1. The standard InChI is InChI=1S/C29H35BrN2O3/c1-16-10-21-22-8-9-29(35,17(2)33)28(22,4)14-25(34)26(21)27(3)13-18-15-31-32(24(18)12-23(16)27)20-7-5-6-19(30)11-20/h5-7,11-12,15-16,21-22,25-26,34-35H,8-10,13-14H2,1-4H3/t16-,21-,22-,25-,26+,27-,28-,29-/m0/s1. The second-order valence-electron chi connectivity index (χ2n) is 12.2. The number of allylic oxidation sites excluding steroid dienone is 1. The minimum atomic E-state index is -1.32. The molecule has 4 aliphatic rings. The molecule has 1 aromatic carbocycles. The van der Waals surface area contributed by atoms with Crippen molar-refractivity contribution in [2.24, 2.45) is 34.5 Å². The summed E-state index contributed by atoms with van der Waals surface area (Å²) < 4.78 is 3.06. The molecule has 1 heterocycles. The number of aliphatic hydroxyl groups excluding tert-OH is 1. The lowest BCUT2D eigenvalue weighted by atomic mass is 9.44. The number of halogens is 1. The van der Waals surface area contributed by atoms with E-state index in [0.717, 1.165) is 35.1 Å². The maximum Gasteiger partial charge on any atom is 0.161 e. The number of hydrogen-bond donors (Lipinski definition) is 2. The van der Waals surface area contributed by atoms with Crippen molar-refractivity contribution in [1.82, 2.24) is 9.78 Å². The Morgan fingerprint density at radius 1 is 1.29 bits per heavy atom. The number of aromatic nitrogens is 2. The molecule has 35 heavy (non-hydrogen) atoms. The van der Waals surface area contributed by atoms with E-state index >= 15 is 0 Å². The van der Waals surface area contributed by atoms with Gasteiger partial charge in [0, 0.05) is 9.89 Å². The molecular formula is C29H35BrN2O3. The van der Waals surface area contributed by atoms with Gasteiger partial charge in [-0.15, -0.1) is 0 Å². The summed E-state index contributed by atoms with van der Waals surface area (Å²) in [6, 6.07) is 8.21. The summed E-state index contributed by atoms with van der Waals surface area (Å²) >= 11 is 3.58. The molecule has 6 rings (SSSR count). The topological polar surface area (TPSA) is 75.3 Å². The summed E-state index contributed by atoms with van der Waals surface area (Å²) in [5.74, 6) is 0.860. The van der Waals surface area contributed by atoms with E-state index in [4.69, 9.17) is 5.10 Å². The van der Waals surface area contributed by atoms with Gasteiger partial charge in [-0.05, 0) is 98.0 Å². The van der Waals surface area contributed by atoms with Gasteiger partial charge < -0.3 is 10.2 Å². The quantitative estimate of drug-likeness (QED) is 0.540. The molecule has 6 heteroatoms. The van der Waals surface area contributed by atoms with Crippen LogP contribution in [0.15, 0.2) is 40.5 Å². The number of carbonyl (C=O) groups excluding carboxylic acids is 1. The third-order valence-electron chi connectivity index (χ3n) is 10.5. The van der Waals surface area contributed by atoms with Crippen molar-refractivity contribution in [2.45, 2.75) is 71.5 Å². The smallest absolute Gasteiger partial charge is 0.161 e. The van der Waals surface area contributed by atoms with Gasteiger partial charge in [0.25, 0.3) is 0 Å². The predicted octanol–water partition coefficient (Wildman–Crippen LogP) is 5.35. The highest BCUT2D eigenvalue weighted by atomic mass is 79.9. The molecule has 2 aromatic rings. The van der Waals surface area contributed by atoms with Gasteiger partial charge in [-0.2, -0.15) is 5.10 Å². The number of rotatable bonds is 2. The van der Waals surface area contributed by atoms with Crippen molar-refractivity contribution in [3.05, 3.63) is 51.8 Å². The van der Waals surface area contributed by atoms with Crippen molar-refractivity contribution in [2.75, 3.05) is 0 Å². The molecule has 1 aromatic heterocycles. The number of aliphatic hydroxyl groups is 2. The minimum Gasteiger partial charge on any atom is -0.393 e. The second-order valence-corrected chi connectivity index (χ2v) is 13.1. The lowest BCUT2D eigenvalue weighted by Crippen LogP contribution is -2.62. The zero-order chi connectivity index (χ0) is 24.9. The van der Waals surface area contributed by atoms with Gasteiger partial charge in [0.15, 0.2) is 5.78 Å². The lowest BCUT2D eigenvalue weighted by Gasteiger charge is -2.61. The Balaban J connectivity index is 1.42. The molecule has 0 saturated heterocycles. The fourth-order valence-corrected chi connectivity index (χ4v) is 9.41. The van der Waals surface area contributed by atoms with Crippen LogP contribution < -0.4 is 0 Å². The minimum absolute atomic E-state index is 0.111. The molecule has 3 saturated carbocycles. The molecule has 186 valence electrons. The summed E-state index contributed by atoms with van der Waals surface area (Å²) in [6.45, 7) is 8.23. The van der Waals surface area contributed by atoms with Gasteiger partial charge in [0.2, 0.25) is 0 Å². The van der Waals surface area contributed by atoms with Crippen LogP contribution in [0.1, 0.15) is 64.6 Å². The van der Waals surface area contributed by atoms with E-state index in [1.165, 1.54) is 18.1 Å². The Labute approximate surface area is 215 Å². The van der Waals surface area contributed by atoms with Crippen LogP contribution in [0, 0.1) is 34.5 Å². The molecule has 4 aliphatic carbocycles. The molecule has 0 radical (unpaired) electrons. The van der Waals surface area contributed by atoms with Crippen LogP contribution in [0.2, 0.25) is 0 Å². The molecule has 8 atom stereocenters. The van der Waals surface area contributed by atoms with Crippen molar-refractivity contribution in [1.29, 1.82) is 0 Å². The number of nitrogens with zero attached hydrogens (tertiary/aromatic N) is 2. The van der Waals surface area contributed by atoms with Crippen LogP contribution in [0.5, 0.6) is 0 Å². The maximum atomic E-state index is 12.6. The second kappa shape index (κ2) is 7.62. The molecule has 0 unspecified atom stereocenters. The van der Waals surface area contributed by atoms with Crippen molar-refractivity contribution >= 4 is 27.8 Å². The Bertz CT molecular complexity index is 1250. The van der Waals surface area contributed by atoms with Gasteiger partial charge >= 0.3 is 0 Å². The van der Waals surface area contributed by atoms with E-state index in [0.29, 0.717) is 18.8 Å². The van der Waals surface area contributed by atoms with Crippen molar-refractivity contribution in [3.8, 4) is 5.69 Å². The van der Waals surface area contributed by atoms with Crippen LogP contribution >= 0.6 is 15.9 Å². The molecule has 0 bridgehead atoms. The molecule has 0 spiro atoms. The van der Waals surface area contributed by atoms with Crippen LogP contribution in [-0.2, 0) is 11.2 Å². The summed E-state index contributed by atoms with van der Waals surface area (Å²) in [7, 11) is 0. The van der Waals surface area contributed by atoms with E-state index in [2.05, 4.69) is 54.9 Å². The SMILES string of the molecule is CC(=O)[C@@]1(O)CC[C@H]2[C@@H]3C[C@H](C)C4=Cc5c(cnn5-c5cccc(Br)c5)C[C@]4(C)[C@H]3[C@@H](O)C[C@@]21C. The molecule has 0 aliphatic heterocycles.